The number of benzene rings is 2. The Morgan fingerprint density at radius 2 is 1.08 bits per heavy atom. The monoisotopic (exact) mass is 336 g/mol. The van der Waals surface area contributed by atoms with Crippen molar-refractivity contribution in [3.8, 4) is 0 Å². The van der Waals surface area contributed by atoms with Crippen molar-refractivity contribution in [2.24, 2.45) is 11.8 Å². The fraction of sp³-hybridized carbons (Fsp3) is 0.364. The molecule has 3 heteroatoms. The van der Waals surface area contributed by atoms with Crippen LogP contribution in [0.1, 0.15) is 11.1 Å². The summed E-state index contributed by atoms with van der Waals surface area (Å²) >= 11 is 0. The van der Waals surface area contributed by atoms with Crippen LogP contribution in [0.5, 0.6) is 0 Å². The molecule has 2 aliphatic heterocycles. The number of ether oxygens (including phenoxy) is 3. The van der Waals surface area contributed by atoms with Crippen LogP contribution in [-0.2, 0) is 27.4 Å². The van der Waals surface area contributed by atoms with E-state index in [0.29, 0.717) is 38.3 Å². The molecule has 0 radical (unpaired) electrons. The summed E-state index contributed by atoms with van der Waals surface area (Å²) in [5.74, 6) is 0.740. The van der Waals surface area contributed by atoms with Crippen molar-refractivity contribution in [1.29, 1.82) is 0 Å². The van der Waals surface area contributed by atoms with Gasteiger partial charge in [-0.25, -0.2) is 0 Å². The summed E-state index contributed by atoms with van der Waals surface area (Å²) in [7, 11) is 0. The highest BCUT2D eigenvalue weighted by atomic mass is 16.5. The molecule has 0 amide bonds. The van der Waals surface area contributed by atoms with Crippen molar-refractivity contribution in [1.82, 2.24) is 0 Å². The Hall–Kier alpha value is -1.94. The summed E-state index contributed by atoms with van der Waals surface area (Å²) < 4.78 is 18.0. The molecule has 3 nitrogen and oxygen atoms in total. The summed E-state index contributed by atoms with van der Waals surface area (Å²) in [5.41, 5.74) is 2.41. The second-order valence-corrected chi connectivity index (χ2v) is 6.78. The molecule has 0 saturated carbocycles. The van der Waals surface area contributed by atoms with Gasteiger partial charge < -0.3 is 14.2 Å². The lowest BCUT2D eigenvalue weighted by molar-refractivity contribution is 0.0292. The number of rotatable bonds is 8. The van der Waals surface area contributed by atoms with Crippen molar-refractivity contribution in [2.45, 2.75) is 25.4 Å². The van der Waals surface area contributed by atoms with E-state index in [4.69, 9.17) is 14.2 Å². The first kappa shape index (κ1) is 16.5. The van der Waals surface area contributed by atoms with E-state index >= 15 is 0 Å². The maximum atomic E-state index is 6.03. The molecule has 1 fully saturated rings. The van der Waals surface area contributed by atoms with Crippen molar-refractivity contribution in [3.05, 3.63) is 83.9 Å². The Kier molecular flexibility index (Phi) is 5.26. The Labute approximate surface area is 149 Å². The highest BCUT2D eigenvalue weighted by Gasteiger charge is 2.45. The highest BCUT2D eigenvalue weighted by molar-refractivity contribution is 5.16. The van der Waals surface area contributed by atoms with Crippen molar-refractivity contribution < 1.29 is 14.2 Å². The van der Waals surface area contributed by atoms with E-state index in [1.54, 1.807) is 0 Å². The second-order valence-electron chi connectivity index (χ2n) is 6.78. The Morgan fingerprint density at radius 1 is 0.640 bits per heavy atom. The molecule has 2 bridgehead atoms. The predicted molar refractivity (Wildman–Crippen MR) is 97.0 cm³/mol. The minimum Gasteiger partial charge on any atom is -0.376 e. The quantitative estimate of drug-likeness (QED) is 0.682. The molecule has 2 aromatic rings. The molecule has 0 unspecified atom stereocenters. The van der Waals surface area contributed by atoms with Crippen LogP contribution in [0.15, 0.2) is 72.8 Å². The topological polar surface area (TPSA) is 27.7 Å². The van der Waals surface area contributed by atoms with Crippen LogP contribution in [-0.4, -0.2) is 25.4 Å². The minimum atomic E-state index is 0.172. The van der Waals surface area contributed by atoms with Gasteiger partial charge in [-0.15, -0.1) is 0 Å². The molecule has 1 saturated heterocycles. The third-order valence-corrected chi connectivity index (χ3v) is 5.04. The molecule has 0 aliphatic carbocycles. The van der Waals surface area contributed by atoms with E-state index in [1.165, 1.54) is 11.1 Å². The Morgan fingerprint density at radius 3 is 1.52 bits per heavy atom. The average Bonchev–Trinajstić information content (AvgIpc) is 3.26. The van der Waals surface area contributed by atoms with Crippen molar-refractivity contribution >= 4 is 0 Å². The third kappa shape index (κ3) is 4.01. The molecule has 2 heterocycles. The molecule has 2 aromatic carbocycles. The first-order valence-electron chi connectivity index (χ1n) is 8.97. The van der Waals surface area contributed by atoms with Gasteiger partial charge in [0, 0.05) is 11.8 Å². The van der Waals surface area contributed by atoms with E-state index in [1.807, 2.05) is 36.4 Å². The zero-order chi connectivity index (χ0) is 16.9. The van der Waals surface area contributed by atoms with Gasteiger partial charge in [0.05, 0.1) is 38.6 Å². The van der Waals surface area contributed by atoms with Crippen LogP contribution >= 0.6 is 0 Å². The van der Waals surface area contributed by atoms with Crippen molar-refractivity contribution in [3.63, 3.8) is 0 Å². The minimum absolute atomic E-state index is 0.172. The average molecular weight is 336 g/mol. The van der Waals surface area contributed by atoms with Gasteiger partial charge in [-0.05, 0) is 11.1 Å². The lowest BCUT2D eigenvalue weighted by atomic mass is 9.84. The van der Waals surface area contributed by atoms with Crippen molar-refractivity contribution in [2.75, 3.05) is 13.2 Å². The van der Waals surface area contributed by atoms with Crippen LogP contribution in [0.25, 0.3) is 0 Å². The molecule has 0 N–H and O–H groups in total. The summed E-state index contributed by atoms with van der Waals surface area (Å²) in [5, 5.41) is 0. The van der Waals surface area contributed by atoms with Crippen LogP contribution in [0, 0.1) is 11.8 Å². The van der Waals surface area contributed by atoms with Crippen LogP contribution in [0.4, 0.5) is 0 Å². The maximum Gasteiger partial charge on any atom is 0.0819 e. The fourth-order valence-electron chi connectivity index (χ4n) is 3.68. The van der Waals surface area contributed by atoms with E-state index in [0.717, 1.165) is 0 Å². The molecule has 130 valence electrons. The highest BCUT2D eigenvalue weighted by Crippen LogP contribution is 2.39. The summed E-state index contributed by atoms with van der Waals surface area (Å²) in [6.07, 6.45) is 4.70. The predicted octanol–water partition coefficient (Wildman–Crippen LogP) is 3.99. The van der Waals surface area contributed by atoms with E-state index in [2.05, 4.69) is 36.4 Å². The van der Waals surface area contributed by atoms with E-state index in [9.17, 15) is 0 Å². The smallest absolute Gasteiger partial charge is 0.0819 e. The van der Waals surface area contributed by atoms with Crippen LogP contribution in [0.3, 0.4) is 0 Å². The van der Waals surface area contributed by atoms with Crippen LogP contribution < -0.4 is 0 Å². The van der Waals surface area contributed by atoms with Gasteiger partial charge >= 0.3 is 0 Å². The zero-order valence-electron chi connectivity index (χ0n) is 14.3. The van der Waals surface area contributed by atoms with Gasteiger partial charge in [0.25, 0.3) is 0 Å². The summed E-state index contributed by atoms with van der Waals surface area (Å²) in [4.78, 5) is 0. The second kappa shape index (κ2) is 7.96. The molecular formula is C22H24O3. The van der Waals surface area contributed by atoms with Gasteiger partial charge in [0.1, 0.15) is 0 Å². The van der Waals surface area contributed by atoms with Gasteiger partial charge in [-0.1, -0.05) is 72.8 Å². The van der Waals surface area contributed by atoms with E-state index in [-0.39, 0.29) is 12.2 Å². The zero-order valence-corrected chi connectivity index (χ0v) is 14.3. The fourth-order valence-corrected chi connectivity index (χ4v) is 3.68. The van der Waals surface area contributed by atoms with Crippen LogP contribution in [0.2, 0.25) is 0 Å². The molecule has 0 spiro atoms. The summed E-state index contributed by atoms with van der Waals surface area (Å²) in [6.45, 7) is 2.71. The number of hydrogen-bond acceptors (Lipinski definition) is 3. The normalized spacial score (nSPS) is 27.0. The molecule has 4 rings (SSSR count). The SMILES string of the molecule is C1=C[C@H]2O[C@@H]1[C@H](COCc1ccccc1)[C@@H]2COCc1ccccc1. The summed E-state index contributed by atoms with van der Waals surface area (Å²) in [6, 6.07) is 20.6. The molecule has 2 aliphatic rings. The third-order valence-electron chi connectivity index (χ3n) is 5.04. The number of fused-ring (bicyclic) bond motifs is 2. The first-order valence-corrected chi connectivity index (χ1v) is 8.97. The van der Waals surface area contributed by atoms with Gasteiger partial charge in [-0.2, -0.15) is 0 Å². The van der Waals surface area contributed by atoms with E-state index < -0.39 is 0 Å². The lowest BCUT2D eigenvalue weighted by Crippen LogP contribution is -2.31. The van der Waals surface area contributed by atoms with Gasteiger partial charge in [0.2, 0.25) is 0 Å². The molecule has 0 aromatic heterocycles. The maximum absolute atomic E-state index is 6.03. The Balaban J connectivity index is 1.28. The molecule has 4 atom stereocenters. The lowest BCUT2D eigenvalue weighted by Gasteiger charge is -2.25. The molecular weight excluding hydrogens is 312 g/mol. The Bertz CT molecular complexity index is 623. The first-order chi connectivity index (χ1) is 12.4. The van der Waals surface area contributed by atoms with Gasteiger partial charge in [0.15, 0.2) is 0 Å². The number of hydrogen-bond donors (Lipinski definition) is 0. The molecule has 25 heavy (non-hydrogen) atoms. The largest absolute Gasteiger partial charge is 0.376 e. The van der Waals surface area contributed by atoms with Gasteiger partial charge in [-0.3, -0.25) is 0 Å². The standard InChI is InChI=1S/C22H24O3/c1-3-7-17(8-4-1)13-23-15-19-20(22-12-11-21(19)25-22)16-24-14-18-9-5-2-6-10-18/h1-12,19-22H,13-16H2/t19-,20+,21+,22-.